The summed E-state index contributed by atoms with van der Waals surface area (Å²) >= 11 is 0. The zero-order valence-corrected chi connectivity index (χ0v) is 12.1. The molecule has 0 saturated heterocycles. The molecule has 2 atom stereocenters. The Morgan fingerprint density at radius 2 is 2.05 bits per heavy atom. The second-order valence-corrected chi connectivity index (χ2v) is 6.09. The molecule has 1 aromatic rings. The van der Waals surface area contributed by atoms with E-state index in [0.29, 0.717) is 0 Å². The minimum atomic E-state index is -4.98. The number of aliphatic carboxylic acids is 1. The number of hydrogen-bond donors (Lipinski definition) is 4. The smallest absolute Gasteiger partial charge is 0.365 e. The molecule has 0 amide bonds. The zero-order valence-electron chi connectivity index (χ0n) is 11.2. The monoisotopic (exact) mass is 322 g/mol. The van der Waals surface area contributed by atoms with Gasteiger partial charge in [-0.25, -0.2) is 9.59 Å². The average Bonchev–Trinajstić information content (AvgIpc) is 2.31. The predicted molar refractivity (Wildman–Crippen MR) is 70.2 cm³/mol. The van der Waals surface area contributed by atoms with Crippen molar-refractivity contribution in [3.8, 4) is 0 Å². The summed E-state index contributed by atoms with van der Waals surface area (Å²) in [5.41, 5.74) is -1.03. The molecule has 0 spiro atoms. The van der Waals surface area contributed by atoms with Crippen LogP contribution in [0.1, 0.15) is 18.5 Å². The minimum absolute atomic E-state index is 0.256. The molecule has 4 N–H and O–H groups in total. The second kappa shape index (κ2) is 6.35. The molecule has 0 fully saturated rings. The van der Waals surface area contributed by atoms with E-state index in [1.807, 2.05) is 0 Å². The number of aromatic amines is 1. The number of H-pyrrole nitrogens is 1. The lowest BCUT2D eigenvalue weighted by molar-refractivity contribution is -0.146. The standard InChI is InChI=1S/C10H15N2O8P/c1-5-3-12(10(16)11-7(5)13)6(2)4-20-9(8(14)15)21(17,18)19/h3,6,9H,4H2,1-2H3,(H,14,15)(H,11,13,16)(H2,17,18,19). The van der Waals surface area contributed by atoms with Crippen LogP contribution >= 0.6 is 7.60 Å². The van der Waals surface area contributed by atoms with Gasteiger partial charge in [0.25, 0.3) is 11.4 Å². The Morgan fingerprint density at radius 3 is 2.52 bits per heavy atom. The van der Waals surface area contributed by atoms with Crippen molar-refractivity contribution in [1.82, 2.24) is 9.55 Å². The van der Waals surface area contributed by atoms with Crippen molar-refractivity contribution in [1.29, 1.82) is 0 Å². The first-order valence-electron chi connectivity index (χ1n) is 5.75. The van der Waals surface area contributed by atoms with Crippen molar-refractivity contribution in [2.24, 2.45) is 0 Å². The fourth-order valence-corrected chi connectivity index (χ4v) is 2.10. The number of nitrogens with zero attached hydrogens (tertiary/aromatic N) is 1. The van der Waals surface area contributed by atoms with Crippen molar-refractivity contribution in [3.63, 3.8) is 0 Å². The van der Waals surface area contributed by atoms with Gasteiger partial charge in [-0.05, 0) is 13.8 Å². The topological polar surface area (TPSA) is 159 Å². The van der Waals surface area contributed by atoms with Crippen LogP contribution in [0.3, 0.4) is 0 Å². The average molecular weight is 322 g/mol. The highest BCUT2D eigenvalue weighted by Gasteiger charge is 2.37. The summed E-state index contributed by atoms with van der Waals surface area (Å²) in [5.74, 6) is -4.11. The third kappa shape index (κ3) is 4.36. The second-order valence-electron chi connectivity index (χ2n) is 4.44. The number of carboxylic acids is 1. The number of aromatic nitrogens is 2. The molecule has 0 bridgehead atoms. The van der Waals surface area contributed by atoms with Crippen molar-refractivity contribution in [3.05, 3.63) is 32.6 Å². The minimum Gasteiger partial charge on any atom is -0.479 e. The molecule has 11 heteroatoms. The Morgan fingerprint density at radius 1 is 1.48 bits per heavy atom. The van der Waals surface area contributed by atoms with E-state index in [4.69, 9.17) is 19.6 Å². The van der Waals surface area contributed by atoms with Gasteiger partial charge in [0.05, 0.1) is 12.6 Å². The number of carboxylic acid groups (broad SMARTS) is 1. The number of carbonyl (C=O) groups is 1. The fraction of sp³-hybridized carbons (Fsp3) is 0.500. The van der Waals surface area contributed by atoms with Gasteiger partial charge in [0.2, 0.25) is 0 Å². The fourth-order valence-electron chi connectivity index (χ4n) is 1.54. The van der Waals surface area contributed by atoms with E-state index in [2.05, 4.69) is 4.98 Å². The summed E-state index contributed by atoms with van der Waals surface area (Å²) in [5, 5.41) is 8.69. The van der Waals surface area contributed by atoms with E-state index < -0.39 is 43.3 Å². The molecule has 0 aromatic carbocycles. The molecule has 1 rings (SSSR count). The molecular weight excluding hydrogens is 307 g/mol. The molecule has 1 heterocycles. The number of aryl methyl sites for hydroxylation is 1. The van der Waals surface area contributed by atoms with Crippen molar-refractivity contribution in [2.75, 3.05) is 6.61 Å². The van der Waals surface area contributed by atoms with E-state index in [1.165, 1.54) is 20.0 Å². The van der Waals surface area contributed by atoms with E-state index in [0.717, 1.165) is 4.57 Å². The summed E-state index contributed by atoms with van der Waals surface area (Å²) in [6.07, 6.45) is 1.25. The van der Waals surface area contributed by atoms with Crippen molar-refractivity contribution < 1.29 is 29.0 Å². The van der Waals surface area contributed by atoms with Gasteiger partial charge >= 0.3 is 19.3 Å². The molecule has 0 saturated carbocycles. The molecule has 2 unspecified atom stereocenters. The highest BCUT2D eigenvalue weighted by molar-refractivity contribution is 7.53. The van der Waals surface area contributed by atoms with Crippen LogP contribution in [0, 0.1) is 6.92 Å². The van der Waals surface area contributed by atoms with E-state index in [9.17, 15) is 18.9 Å². The number of nitrogens with one attached hydrogen (secondary N) is 1. The molecule has 0 radical (unpaired) electrons. The summed E-state index contributed by atoms with van der Waals surface area (Å²) < 4.78 is 16.7. The van der Waals surface area contributed by atoms with Crippen molar-refractivity contribution >= 4 is 13.6 Å². The number of rotatable bonds is 6. The Labute approximate surface area is 118 Å². The molecular formula is C10H15N2O8P. The Kier molecular flexibility index (Phi) is 5.24. The third-order valence-corrected chi connectivity index (χ3v) is 3.61. The summed E-state index contributed by atoms with van der Waals surface area (Å²) in [4.78, 5) is 53.3. The largest absolute Gasteiger partial charge is 0.479 e. The maximum atomic E-state index is 11.6. The van der Waals surface area contributed by atoms with Crippen LogP contribution in [0.15, 0.2) is 15.8 Å². The van der Waals surface area contributed by atoms with Crippen LogP contribution in [0.4, 0.5) is 0 Å². The Hall–Kier alpha value is -1.74. The highest BCUT2D eigenvalue weighted by Crippen LogP contribution is 2.42. The number of hydrogen-bond acceptors (Lipinski definition) is 5. The predicted octanol–water partition coefficient (Wildman–Crippen LogP) is -0.989. The highest BCUT2D eigenvalue weighted by atomic mass is 31.2. The summed E-state index contributed by atoms with van der Waals surface area (Å²) in [7, 11) is -4.98. The Balaban J connectivity index is 2.92. The van der Waals surface area contributed by atoms with Gasteiger partial charge in [-0.3, -0.25) is 18.9 Å². The normalized spacial score (nSPS) is 14.7. The Bertz CT molecular complexity index is 687. The van der Waals surface area contributed by atoms with Gasteiger partial charge in [0.15, 0.2) is 0 Å². The molecule has 0 aliphatic carbocycles. The summed E-state index contributed by atoms with van der Waals surface area (Å²) in [6, 6.07) is -0.735. The number of ether oxygens (including phenoxy) is 1. The van der Waals surface area contributed by atoms with Gasteiger partial charge < -0.3 is 19.6 Å². The molecule has 118 valence electrons. The van der Waals surface area contributed by atoms with Gasteiger partial charge in [-0.1, -0.05) is 0 Å². The van der Waals surface area contributed by atoms with Crippen LogP contribution in [0.5, 0.6) is 0 Å². The first-order chi connectivity index (χ1) is 9.54. The van der Waals surface area contributed by atoms with Crippen molar-refractivity contribution in [2.45, 2.75) is 25.7 Å². The van der Waals surface area contributed by atoms with Gasteiger partial charge in [0.1, 0.15) is 0 Å². The van der Waals surface area contributed by atoms with Gasteiger partial charge in [0, 0.05) is 11.8 Å². The molecule has 10 nitrogen and oxygen atoms in total. The third-order valence-electron chi connectivity index (χ3n) is 2.63. The van der Waals surface area contributed by atoms with E-state index >= 15 is 0 Å². The molecule has 1 aromatic heterocycles. The van der Waals surface area contributed by atoms with Crippen LogP contribution in [0.2, 0.25) is 0 Å². The van der Waals surface area contributed by atoms with Gasteiger partial charge in [-0.2, -0.15) is 0 Å². The first-order valence-corrected chi connectivity index (χ1v) is 7.44. The molecule has 0 aliphatic heterocycles. The zero-order chi connectivity index (χ0) is 16.4. The molecule has 21 heavy (non-hydrogen) atoms. The molecule has 0 aliphatic rings. The van der Waals surface area contributed by atoms with Crippen LogP contribution in [0.25, 0.3) is 0 Å². The lowest BCUT2D eigenvalue weighted by Crippen LogP contribution is -2.35. The van der Waals surface area contributed by atoms with Crippen LogP contribution in [-0.2, 0) is 14.1 Å². The first kappa shape index (κ1) is 17.3. The quantitative estimate of drug-likeness (QED) is 0.486. The van der Waals surface area contributed by atoms with Crippen LogP contribution < -0.4 is 11.2 Å². The lowest BCUT2D eigenvalue weighted by Gasteiger charge is -2.19. The summed E-state index contributed by atoms with van der Waals surface area (Å²) in [6.45, 7) is 2.50. The maximum absolute atomic E-state index is 11.6. The van der Waals surface area contributed by atoms with Crippen LogP contribution in [-0.4, -0.2) is 42.9 Å². The maximum Gasteiger partial charge on any atom is 0.365 e. The van der Waals surface area contributed by atoms with E-state index in [-0.39, 0.29) is 5.56 Å². The van der Waals surface area contributed by atoms with Gasteiger partial charge in [-0.15, -0.1) is 0 Å². The van der Waals surface area contributed by atoms with E-state index in [1.54, 1.807) is 0 Å². The SMILES string of the molecule is Cc1cn(C(C)COC(C(=O)O)P(=O)(O)O)c(=O)[nH]c1=O. The lowest BCUT2D eigenvalue weighted by atomic mass is 10.3.